The lowest BCUT2D eigenvalue weighted by Gasteiger charge is -2.12. The lowest BCUT2D eigenvalue weighted by Crippen LogP contribution is -2.06. The molecule has 0 atom stereocenters. The average Bonchev–Trinajstić information content (AvgIpc) is 2.41. The highest BCUT2D eigenvalue weighted by molar-refractivity contribution is 5.89. The Hall–Kier alpha value is -2.63. The van der Waals surface area contributed by atoms with Gasteiger partial charge in [-0.25, -0.2) is 14.2 Å². The number of rotatable bonds is 4. The zero-order valence-corrected chi connectivity index (χ0v) is 11.0. The SMILES string of the molecule is COc1ccc(C)cc1Nc1nccc(C(=O)O)c1F. The average molecular weight is 276 g/mol. The molecule has 0 saturated carbocycles. The van der Waals surface area contributed by atoms with Crippen molar-refractivity contribution in [2.75, 3.05) is 12.4 Å². The number of aromatic nitrogens is 1. The summed E-state index contributed by atoms with van der Waals surface area (Å²) in [4.78, 5) is 14.7. The highest BCUT2D eigenvalue weighted by Crippen LogP contribution is 2.29. The van der Waals surface area contributed by atoms with E-state index in [2.05, 4.69) is 10.3 Å². The number of carboxylic acids is 1. The molecule has 1 aromatic heterocycles. The van der Waals surface area contributed by atoms with Crippen LogP contribution in [0.4, 0.5) is 15.9 Å². The molecule has 20 heavy (non-hydrogen) atoms. The van der Waals surface area contributed by atoms with Gasteiger partial charge in [0.15, 0.2) is 11.6 Å². The maximum Gasteiger partial charge on any atom is 0.338 e. The van der Waals surface area contributed by atoms with Gasteiger partial charge in [-0.3, -0.25) is 0 Å². The first-order valence-electron chi connectivity index (χ1n) is 5.82. The summed E-state index contributed by atoms with van der Waals surface area (Å²) in [7, 11) is 1.49. The van der Waals surface area contributed by atoms with Crippen molar-refractivity contribution in [1.82, 2.24) is 4.98 Å². The van der Waals surface area contributed by atoms with Crippen LogP contribution in [-0.2, 0) is 0 Å². The first-order chi connectivity index (χ1) is 9.52. The van der Waals surface area contributed by atoms with Crippen LogP contribution in [0.5, 0.6) is 5.75 Å². The van der Waals surface area contributed by atoms with Crippen LogP contribution in [0.2, 0.25) is 0 Å². The normalized spacial score (nSPS) is 10.2. The minimum absolute atomic E-state index is 0.159. The van der Waals surface area contributed by atoms with Gasteiger partial charge in [0, 0.05) is 6.20 Å². The zero-order valence-electron chi connectivity index (χ0n) is 11.0. The van der Waals surface area contributed by atoms with Crippen molar-refractivity contribution in [1.29, 1.82) is 0 Å². The molecule has 104 valence electrons. The van der Waals surface area contributed by atoms with Crippen molar-refractivity contribution in [3.8, 4) is 5.75 Å². The molecule has 1 heterocycles. The molecule has 0 amide bonds. The van der Waals surface area contributed by atoms with Gasteiger partial charge in [-0.2, -0.15) is 0 Å². The zero-order chi connectivity index (χ0) is 14.7. The Labute approximate surface area is 115 Å². The molecule has 0 aliphatic rings. The lowest BCUT2D eigenvalue weighted by molar-refractivity contribution is 0.0692. The number of ether oxygens (including phenoxy) is 1. The van der Waals surface area contributed by atoms with E-state index in [9.17, 15) is 9.18 Å². The van der Waals surface area contributed by atoms with E-state index in [0.717, 1.165) is 11.6 Å². The third-order valence-corrected chi connectivity index (χ3v) is 2.73. The first kappa shape index (κ1) is 13.8. The van der Waals surface area contributed by atoms with Crippen LogP contribution in [0.15, 0.2) is 30.5 Å². The predicted octanol–water partition coefficient (Wildman–Crippen LogP) is 2.98. The Morgan fingerprint density at radius 1 is 1.40 bits per heavy atom. The van der Waals surface area contributed by atoms with Gasteiger partial charge in [-0.1, -0.05) is 6.07 Å². The fraction of sp³-hybridized carbons (Fsp3) is 0.143. The molecule has 0 unspecified atom stereocenters. The molecule has 5 nitrogen and oxygen atoms in total. The Kier molecular flexibility index (Phi) is 3.84. The number of methoxy groups -OCH3 is 1. The Morgan fingerprint density at radius 2 is 2.15 bits per heavy atom. The van der Waals surface area contributed by atoms with E-state index in [1.54, 1.807) is 12.1 Å². The van der Waals surface area contributed by atoms with Crippen LogP contribution >= 0.6 is 0 Å². The fourth-order valence-electron chi connectivity index (χ4n) is 1.74. The van der Waals surface area contributed by atoms with E-state index >= 15 is 0 Å². The third-order valence-electron chi connectivity index (χ3n) is 2.73. The van der Waals surface area contributed by atoms with Gasteiger partial charge >= 0.3 is 5.97 Å². The number of carboxylic acid groups (broad SMARTS) is 1. The number of aryl methyl sites for hydroxylation is 1. The Bertz CT molecular complexity index is 659. The molecular weight excluding hydrogens is 263 g/mol. The number of nitrogens with zero attached hydrogens (tertiary/aromatic N) is 1. The Morgan fingerprint density at radius 3 is 2.80 bits per heavy atom. The van der Waals surface area contributed by atoms with Crippen molar-refractivity contribution < 1.29 is 19.0 Å². The van der Waals surface area contributed by atoms with Crippen LogP contribution in [0.1, 0.15) is 15.9 Å². The number of halogens is 1. The molecule has 0 bridgehead atoms. The second-order valence-electron chi connectivity index (χ2n) is 4.15. The smallest absolute Gasteiger partial charge is 0.338 e. The second kappa shape index (κ2) is 5.56. The molecule has 0 aliphatic heterocycles. The summed E-state index contributed by atoms with van der Waals surface area (Å²) in [5.41, 5.74) is 1.03. The van der Waals surface area contributed by atoms with Crippen LogP contribution < -0.4 is 10.1 Å². The molecule has 0 aliphatic carbocycles. The van der Waals surface area contributed by atoms with Gasteiger partial charge in [0.25, 0.3) is 0 Å². The summed E-state index contributed by atoms with van der Waals surface area (Å²) in [5.74, 6) is -1.90. The number of hydrogen-bond acceptors (Lipinski definition) is 4. The summed E-state index contributed by atoms with van der Waals surface area (Å²) in [6.45, 7) is 1.88. The number of pyridine rings is 1. The van der Waals surface area contributed by atoms with E-state index in [1.165, 1.54) is 13.3 Å². The van der Waals surface area contributed by atoms with Crippen molar-refractivity contribution >= 4 is 17.5 Å². The van der Waals surface area contributed by atoms with E-state index < -0.39 is 17.3 Å². The van der Waals surface area contributed by atoms with E-state index in [0.29, 0.717) is 11.4 Å². The van der Waals surface area contributed by atoms with Gasteiger partial charge in [0.1, 0.15) is 11.3 Å². The van der Waals surface area contributed by atoms with E-state index in [-0.39, 0.29) is 5.82 Å². The molecule has 0 spiro atoms. The molecule has 0 fully saturated rings. The molecule has 2 rings (SSSR count). The number of hydrogen-bond donors (Lipinski definition) is 2. The molecular formula is C14H13FN2O3. The van der Waals surface area contributed by atoms with Crippen LogP contribution in [0.3, 0.4) is 0 Å². The highest BCUT2D eigenvalue weighted by atomic mass is 19.1. The third kappa shape index (κ3) is 2.69. The monoisotopic (exact) mass is 276 g/mol. The highest BCUT2D eigenvalue weighted by Gasteiger charge is 2.16. The minimum atomic E-state index is -1.34. The fourth-order valence-corrected chi connectivity index (χ4v) is 1.74. The molecule has 2 aromatic rings. The van der Waals surface area contributed by atoms with Gasteiger partial charge in [-0.15, -0.1) is 0 Å². The predicted molar refractivity (Wildman–Crippen MR) is 72.2 cm³/mol. The molecule has 6 heteroatoms. The number of carbonyl (C=O) groups is 1. The summed E-state index contributed by atoms with van der Waals surface area (Å²) in [5, 5.41) is 11.6. The maximum absolute atomic E-state index is 14.0. The van der Waals surface area contributed by atoms with Crippen molar-refractivity contribution in [2.45, 2.75) is 6.92 Å². The number of aromatic carboxylic acids is 1. The summed E-state index contributed by atoms with van der Waals surface area (Å²) in [6.07, 6.45) is 1.23. The summed E-state index contributed by atoms with van der Waals surface area (Å²) in [6, 6.07) is 6.45. The summed E-state index contributed by atoms with van der Waals surface area (Å²) < 4.78 is 19.2. The molecule has 1 aromatic carbocycles. The maximum atomic E-state index is 14.0. The first-order valence-corrected chi connectivity index (χ1v) is 5.82. The van der Waals surface area contributed by atoms with Gasteiger partial charge in [-0.05, 0) is 30.7 Å². The van der Waals surface area contributed by atoms with Crippen LogP contribution in [-0.4, -0.2) is 23.2 Å². The lowest BCUT2D eigenvalue weighted by atomic mass is 10.2. The summed E-state index contributed by atoms with van der Waals surface area (Å²) >= 11 is 0. The van der Waals surface area contributed by atoms with Crippen LogP contribution in [0, 0.1) is 12.7 Å². The van der Waals surface area contributed by atoms with Crippen molar-refractivity contribution in [3.05, 3.63) is 47.4 Å². The van der Waals surface area contributed by atoms with Gasteiger partial charge in [0.2, 0.25) is 0 Å². The molecule has 0 saturated heterocycles. The van der Waals surface area contributed by atoms with Crippen LogP contribution in [0.25, 0.3) is 0 Å². The number of benzene rings is 1. The number of anilines is 2. The topological polar surface area (TPSA) is 71.5 Å². The Balaban J connectivity index is 2.42. The standard InChI is InChI=1S/C14H13FN2O3/c1-8-3-4-11(20-2)10(7-8)17-13-12(15)9(14(18)19)5-6-16-13/h3-7H,1-2H3,(H,16,17)(H,18,19). The molecule has 2 N–H and O–H groups in total. The largest absolute Gasteiger partial charge is 0.495 e. The number of nitrogens with one attached hydrogen (secondary N) is 1. The van der Waals surface area contributed by atoms with Crippen molar-refractivity contribution in [2.24, 2.45) is 0 Å². The van der Waals surface area contributed by atoms with E-state index in [4.69, 9.17) is 9.84 Å². The quantitative estimate of drug-likeness (QED) is 0.898. The van der Waals surface area contributed by atoms with Crippen molar-refractivity contribution in [3.63, 3.8) is 0 Å². The second-order valence-corrected chi connectivity index (χ2v) is 4.15. The van der Waals surface area contributed by atoms with Gasteiger partial charge < -0.3 is 15.2 Å². The molecule has 0 radical (unpaired) electrons. The van der Waals surface area contributed by atoms with Gasteiger partial charge in [0.05, 0.1) is 12.8 Å². The minimum Gasteiger partial charge on any atom is -0.495 e. The van der Waals surface area contributed by atoms with E-state index in [1.807, 2.05) is 13.0 Å².